The van der Waals surface area contributed by atoms with E-state index in [1.165, 1.54) is 11.3 Å². The first kappa shape index (κ1) is 24.2. The van der Waals surface area contributed by atoms with Gasteiger partial charge in [-0.2, -0.15) is 0 Å². The fourth-order valence-corrected chi connectivity index (χ4v) is 5.81. The van der Waals surface area contributed by atoms with Crippen LogP contribution in [-0.4, -0.2) is 45.7 Å². The van der Waals surface area contributed by atoms with Crippen LogP contribution in [0.3, 0.4) is 0 Å². The van der Waals surface area contributed by atoms with Gasteiger partial charge in [0.15, 0.2) is 5.76 Å². The molecule has 1 aromatic carbocycles. The van der Waals surface area contributed by atoms with Crippen LogP contribution < -0.4 is 11.1 Å². The third-order valence-corrected chi connectivity index (χ3v) is 8.24. The number of nitrogens with zero attached hydrogens (tertiary/aromatic N) is 3. The number of hydrogen-bond donors (Lipinski definition) is 2. The number of carbonyl (C=O) groups excluding carboxylic acids is 1. The second-order valence-electron chi connectivity index (χ2n) is 9.18. The minimum absolute atomic E-state index is 0.131. The van der Waals surface area contributed by atoms with Crippen molar-refractivity contribution in [2.24, 2.45) is 0 Å². The molecule has 3 N–H and O–H groups in total. The summed E-state index contributed by atoms with van der Waals surface area (Å²) in [6.07, 6.45) is 1.85. The lowest BCUT2D eigenvalue weighted by atomic mass is 10.0. The number of nitrogen functional groups attached to an aromatic ring is 1. The molecule has 0 atom stereocenters. The molecule has 1 fully saturated rings. The molecule has 4 aromatic rings. The molecule has 3 aromatic heterocycles. The molecule has 5 rings (SSSR count). The Kier molecular flexibility index (Phi) is 6.81. The summed E-state index contributed by atoms with van der Waals surface area (Å²) in [4.78, 5) is 16.8. The summed E-state index contributed by atoms with van der Waals surface area (Å²) in [6, 6.07) is 11.7. The Bertz CT molecular complexity index is 1370. The highest BCUT2D eigenvalue weighted by atomic mass is 35.5. The maximum Gasteiger partial charge on any atom is 0.268 e. The fourth-order valence-electron chi connectivity index (χ4n) is 4.61. The number of rotatable bonds is 6. The highest BCUT2D eigenvalue weighted by Gasteiger charge is 2.25. The van der Waals surface area contributed by atoms with Crippen LogP contribution in [0.2, 0.25) is 9.36 Å². The summed E-state index contributed by atoms with van der Waals surface area (Å²) >= 11 is 14.0. The molecule has 0 unspecified atom stereocenters. The number of nitrogens with two attached hydrogens (primary N) is 1. The zero-order valence-electron chi connectivity index (χ0n) is 19.6. The zero-order valence-corrected chi connectivity index (χ0v) is 21.9. The van der Waals surface area contributed by atoms with Gasteiger partial charge < -0.3 is 25.0 Å². The Labute approximate surface area is 217 Å². The van der Waals surface area contributed by atoms with E-state index in [9.17, 15) is 4.79 Å². The number of thiophene rings is 1. The van der Waals surface area contributed by atoms with Gasteiger partial charge in [-0.1, -0.05) is 28.4 Å². The maximum absolute atomic E-state index is 13.5. The van der Waals surface area contributed by atoms with Gasteiger partial charge in [-0.25, -0.2) is 0 Å². The van der Waals surface area contributed by atoms with Crippen LogP contribution in [0.4, 0.5) is 5.69 Å². The average Bonchev–Trinajstić information content (AvgIpc) is 3.56. The molecule has 1 aliphatic rings. The Hall–Kier alpha value is -2.52. The van der Waals surface area contributed by atoms with Crippen molar-refractivity contribution in [1.82, 2.24) is 19.9 Å². The number of hydrogen-bond acceptors (Lipinski definition) is 6. The summed E-state index contributed by atoms with van der Waals surface area (Å²) in [7, 11) is 0. The van der Waals surface area contributed by atoms with Gasteiger partial charge in [-0.15, -0.1) is 11.3 Å². The number of fused-ring (bicyclic) bond motifs is 1. The molecule has 0 aliphatic carbocycles. The number of likely N-dealkylation sites (tertiary alicyclic amines) is 1. The van der Waals surface area contributed by atoms with Gasteiger partial charge in [0.2, 0.25) is 0 Å². The lowest BCUT2D eigenvalue weighted by molar-refractivity contribution is 0.0892. The standard InChI is InChI=1S/C25H27Cl2N5O2S/c1-14(2)31-9-7-15(8-10-31)29-25(33)20-12-17-19(4-3-18(28)24(17)27)32(20)13-16-11-21(34-30-16)22-5-6-23(26)35-22/h3-6,11-12,14-15H,7-10,13,28H2,1-2H3,(H,29,33). The first-order valence-electron chi connectivity index (χ1n) is 11.6. The predicted octanol–water partition coefficient (Wildman–Crippen LogP) is 5.90. The van der Waals surface area contributed by atoms with Crippen molar-refractivity contribution in [3.05, 3.63) is 57.1 Å². The van der Waals surface area contributed by atoms with Crippen molar-refractivity contribution in [3.63, 3.8) is 0 Å². The Morgan fingerprint density at radius 3 is 2.69 bits per heavy atom. The molecule has 4 heterocycles. The van der Waals surface area contributed by atoms with Gasteiger partial charge in [0.25, 0.3) is 5.91 Å². The van der Waals surface area contributed by atoms with Crippen LogP contribution in [-0.2, 0) is 6.54 Å². The van der Waals surface area contributed by atoms with Gasteiger partial charge in [0.1, 0.15) is 11.4 Å². The van der Waals surface area contributed by atoms with E-state index in [1.54, 1.807) is 6.07 Å². The number of carbonyl (C=O) groups is 1. The van der Waals surface area contributed by atoms with Crippen LogP contribution in [0.5, 0.6) is 0 Å². The van der Waals surface area contributed by atoms with Crippen LogP contribution in [0.15, 0.2) is 40.9 Å². The van der Waals surface area contributed by atoms with Crippen LogP contribution >= 0.6 is 34.5 Å². The van der Waals surface area contributed by atoms with E-state index in [-0.39, 0.29) is 11.9 Å². The van der Waals surface area contributed by atoms with Gasteiger partial charge in [-0.3, -0.25) is 4.79 Å². The number of halogens is 2. The largest absolute Gasteiger partial charge is 0.398 e. The summed E-state index contributed by atoms with van der Waals surface area (Å²) in [5.41, 5.74) is 8.54. The van der Waals surface area contributed by atoms with Crippen LogP contribution in [0.1, 0.15) is 42.9 Å². The van der Waals surface area contributed by atoms with Crippen molar-refractivity contribution in [2.45, 2.75) is 45.3 Å². The van der Waals surface area contributed by atoms with E-state index in [4.69, 9.17) is 33.5 Å². The molecule has 35 heavy (non-hydrogen) atoms. The highest BCUT2D eigenvalue weighted by molar-refractivity contribution is 7.19. The number of benzene rings is 1. The molecular formula is C25H27Cl2N5O2S. The lowest BCUT2D eigenvalue weighted by Gasteiger charge is -2.34. The van der Waals surface area contributed by atoms with Crippen molar-refractivity contribution >= 4 is 57.0 Å². The van der Waals surface area contributed by atoms with E-state index in [1.807, 2.05) is 34.9 Å². The Morgan fingerprint density at radius 2 is 2.00 bits per heavy atom. The molecule has 0 saturated carbocycles. The first-order valence-corrected chi connectivity index (χ1v) is 13.2. The highest BCUT2D eigenvalue weighted by Crippen LogP contribution is 2.34. The summed E-state index contributed by atoms with van der Waals surface area (Å²) < 4.78 is 8.16. The lowest BCUT2D eigenvalue weighted by Crippen LogP contribution is -2.46. The molecule has 0 bridgehead atoms. The molecular weight excluding hydrogens is 505 g/mol. The zero-order chi connectivity index (χ0) is 24.7. The summed E-state index contributed by atoms with van der Waals surface area (Å²) in [6.45, 7) is 6.70. The first-order chi connectivity index (χ1) is 16.8. The van der Waals surface area contributed by atoms with Crippen LogP contribution in [0, 0.1) is 0 Å². The molecule has 1 amide bonds. The van der Waals surface area contributed by atoms with Gasteiger partial charge in [-0.05, 0) is 57.0 Å². The molecule has 7 nitrogen and oxygen atoms in total. The van der Waals surface area contributed by atoms with Gasteiger partial charge in [0, 0.05) is 36.6 Å². The SMILES string of the molecule is CC(C)N1CCC(NC(=O)c2cc3c(Cl)c(N)ccc3n2Cc2cc(-c3ccc(Cl)s3)on2)CC1. The number of piperidine rings is 1. The maximum atomic E-state index is 13.5. The van der Waals surface area contributed by atoms with Crippen LogP contribution in [0.25, 0.3) is 21.5 Å². The van der Waals surface area contributed by atoms with Crippen molar-refractivity contribution < 1.29 is 9.32 Å². The van der Waals surface area contributed by atoms with Gasteiger partial charge >= 0.3 is 0 Å². The second kappa shape index (κ2) is 9.85. The number of amides is 1. The Balaban J connectivity index is 1.43. The van der Waals surface area contributed by atoms with Crippen molar-refractivity contribution in [1.29, 1.82) is 0 Å². The molecule has 1 aliphatic heterocycles. The minimum Gasteiger partial charge on any atom is -0.398 e. The van der Waals surface area contributed by atoms with Gasteiger partial charge in [0.05, 0.1) is 32.0 Å². The van der Waals surface area contributed by atoms with E-state index in [0.717, 1.165) is 41.7 Å². The quantitative estimate of drug-likeness (QED) is 0.302. The molecule has 1 saturated heterocycles. The van der Waals surface area contributed by atoms with E-state index in [2.05, 4.69) is 29.2 Å². The topological polar surface area (TPSA) is 89.3 Å². The van der Waals surface area contributed by atoms with E-state index in [0.29, 0.717) is 44.8 Å². The summed E-state index contributed by atoms with van der Waals surface area (Å²) in [5, 5.41) is 8.65. The van der Waals surface area contributed by atoms with E-state index < -0.39 is 0 Å². The smallest absolute Gasteiger partial charge is 0.268 e. The monoisotopic (exact) mass is 531 g/mol. The molecule has 184 valence electrons. The second-order valence-corrected chi connectivity index (χ2v) is 11.3. The normalized spacial score (nSPS) is 15.3. The molecule has 10 heteroatoms. The van der Waals surface area contributed by atoms with Crippen molar-refractivity contribution in [2.75, 3.05) is 18.8 Å². The van der Waals surface area contributed by atoms with Crippen molar-refractivity contribution in [3.8, 4) is 10.6 Å². The fraction of sp³-hybridized carbons (Fsp3) is 0.360. The third-order valence-electron chi connectivity index (χ3n) is 6.57. The predicted molar refractivity (Wildman–Crippen MR) is 142 cm³/mol. The third kappa shape index (κ3) is 4.93. The Morgan fingerprint density at radius 1 is 1.23 bits per heavy atom. The summed E-state index contributed by atoms with van der Waals surface area (Å²) in [5.74, 6) is 0.506. The molecule has 0 radical (unpaired) electrons. The number of nitrogens with one attached hydrogen (secondary N) is 1. The minimum atomic E-state index is -0.132. The van der Waals surface area contributed by atoms with E-state index >= 15 is 0 Å². The number of anilines is 1. The average molecular weight is 532 g/mol. The molecule has 0 spiro atoms. The number of aromatic nitrogens is 2.